The minimum Gasteiger partial charge on any atom is -0.351 e. The van der Waals surface area contributed by atoms with E-state index in [1.807, 2.05) is 0 Å². The molecule has 7 heteroatoms. The molecule has 0 bridgehead atoms. The monoisotopic (exact) mass is 322 g/mol. The number of rotatable bonds is 6. The molecule has 0 saturated carbocycles. The second-order valence-corrected chi connectivity index (χ2v) is 6.21. The molecule has 0 unspecified atom stereocenters. The molecule has 1 amide bonds. The second-order valence-electron chi connectivity index (χ2n) is 4.45. The quantitative estimate of drug-likeness (QED) is 0.792. The van der Waals surface area contributed by atoms with E-state index in [0.717, 1.165) is 0 Å². The average molecular weight is 322 g/mol. The highest BCUT2D eigenvalue weighted by Gasteiger charge is 2.13. The van der Waals surface area contributed by atoms with Crippen molar-refractivity contribution in [3.05, 3.63) is 66.0 Å². The van der Waals surface area contributed by atoms with Gasteiger partial charge in [-0.25, -0.2) is 17.5 Å². The number of benzene rings is 2. The fraction of sp³-hybridized carbons (Fsp3) is 0.133. The largest absolute Gasteiger partial charge is 0.351 e. The number of hydrogen-bond acceptors (Lipinski definition) is 3. The summed E-state index contributed by atoms with van der Waals surface area (Å²) in [6, 6.07) is 13.5. The Morgan fingerprint density at radius 2 is 1.59 bits per heavy atom. The molecule has 0 radical (unpaired) electrons. The van der Waals surface area contributed by atoms with Crippen molar-refractivity contribution in [2.24, 2.45) is 0 Å². The van der Waals surface area contributed by atoms with Crippen molar-refractivity contribution in [2.75, 3.05) is 13.1 Å². The smallest absolute Gasteiger partial charge is 0.254 e. The third-order valence-electron chi connectivity index (χ3n) is 2.87. The van der Waals surface area contributed by atoms with Gasteiger partial charge in [0.05, 0.1) is 10.5 Å². The van der Waals surface area contributed by atoms with Crippen LogP contribution in [0, 0.1) is 5.82 Å². The van der Waals surface area contributed by atoms with Crippen molar-refractivity contribution < 1.29 is 17.6 Å². The molecule has 0 aliphatic carbocycles. The molecule has 2 N–H and O–H groups in total. The van der Waals surface area contributed by atoms with Gasteiger partial charge in [-0.3, -0.25) is 4.79 Å². The predicted molar refractivity (Wildman–Crippen MR) is 80.4 cm³/mol. The lowest BCUT2D eigenvalue weighted by molar-refractivity contribution is 0.0950. The van der Waals surface area contributed by atoms with Gasteiger partial charge in [0, 0.05) is 13.1 Å². The number of halogens is 1. The Morgan fingerprint density at radius 1 is 0.955 bits per heavy atom. The third-order valence-corrected chi connectivity index (χ3v) is 4.35. The van der Waals surface area contributed by atoms with E-state index in [1.165, 1.54) is 30.3 Å². The summed E-state index contributed by atoms with van der Waals surface area (Å²) in [7, 11) is -3.61. The van der Waals surface area contributed by atoms with Crippen molar-refractivity contribution in [1.29, 1.82) is 0 Å². The summed E-state index contributed by atoms with van der Waals surface area (Å²) in [5.74, 6) is -1.21. The zero-order chi connectivity index (χ0) is 16.0. The lowest BCUT2D eigenvalue weighted by atomic mass is 10.2. The molecule has 2 rings (SSSR count). The Bertz CT molecular complexity index is 748. The van der Waals surface area contributed by atoms with Crippen molar-refractivity contribution >= 4 is 15.9 Å². The zero-order valence-corrected chi connectivity index (χ0v) is 12.4. The van der Waals surface area contributed by atoms with Gasteiger partial charge in [-0.15, -0.1) is 0 Å². The maximum atomic E-state index is 13.4. The summed E-state index contributed by atoms with van der Waals surface area (Å²) in [4.78, 5) is 11.9. The van der Waals surface area contributed by atoms with E-state index in [1.54, 1.807) is 24.3 Å². The highest BCUT2D eigenvalue weighted by Crippen LogP contribution is 2.07. The number of carbonyl (C=O) groups excluding carboxylic acids is 1. The Morgan fingerprint density at radius 3 is 2.27 bits per heavy atom. The van der Waals surface area contributed by atoms with Crippen LogP contribution >= 0.6 is 0 Å². The van der Waals surface area contributed by atoms with Gasteiger partial charge in [-0.1, -0.05) is 30.3 Å². The lowest BCUT2D eigenvalue weighted by Crippen LogP contribution is -2.35. The van der Waals surface area contributed by atoms with Crippen LogP contribution in [0.5, 0.6) is 0 Å². The van der Waals surface area contributed by atoms with E-state index in [9.17, 15) is 17.6 Å². The Kier molecular flexibility index (Phi) is 5.24. The summed E-state index contributed by atoms with van der Waals surface area (Å²) in [5.41, 5.74) is -0.0755. The van der Waals surface area contributed by atoms with Crippen molar-refractivity contribution in [3.8, 4) is 0 Å². The van der Waals surface area contributed by atoms with Gasteiger partial charge in [0.1, 0.15) is 5.82 Å². The van der Waals surface area contributed by atoms with Crippen molar-refractivity contribution in [1.82, 2.24) is 10.0 Å². The SMILES string of the molecule is O=C(NCCNS(=O)(=O)c1ccccc1)c1ccccc1F. The molecule has 0 atom stereocenters. The number of amides is 1. The second kappa shape index (κ2) is 7.15. The molecule has 5 nitrogen and oxygen atoms in total. The predicted octanol–water partition coefficient (Wildman–Crippen LogP) is 1.53. The van der Waals surface area contributed by atoms with Crippen LogP contribution in [0.1, 0.15) is 10.4 Å². The number of hydrogen-bond donors (Lipinski definition) is 2. The van der Waals surface area contributed by atoms with Crippen LogP contribution in [-0.2, 0) is 10.0 Å². The maximum Gasteiger partial charge on any atom is 0.254 e. The first-order valence-electron chi connectivity index (χ1n) is 6.58. The highest BCUT2D eigenvalue weighted by molar-refractivity contribution is 7.89. The average Bonchev–Trinajstić information content (AvgIpc) is 2.53. The van der Waals surface area contributed by atoms with Gasteiger partial charge in [-0.05, 0) is 24.3 Å². The Hall–Kier alpha value is -2.25. The summed E-state index contributed by atoms with van der Waals surface area (Å²) < 4.78 is 39.6. The molecule has 2 aromatic carbocycles. The molecule has 116 valence electrons. The first kappa shape index (κ1) is 16.1. The maximum absolute atomic E-state index is 13.4. The number of sulfonamides is 1. The van der Waals surface area contributed by atoms with Crippen LogP contribution in [0.15, 0.2) is 59.5 Å². The Balaban J connectivity index is 1.85. The minimum atomic E-state index is -3.61. The van der Waals surface area contributed by atoms with Gasteiger partial charge in [-0.2, -0.15) is 0 Å². The lowest BCUT2D eigenvalue weighted by Gasteiger charge is -2.08. The fourth-order valence-corrected chi connectivity index (χ4v) is 2.84. The first-order valence-corrected chi connectivity index (χ1v) is 8.06. The molecule has 0 fully saturated rings. The summed E-state index contributed by atoms with van der Waals surface area (Å²) in [5, 5.41) is 2.46. The molecule has 0 heterocycles. The topological polar surface area (TPSA) is 75.3 Å². The van der Waals surface area contributed by atoms with E-state index in [2.05, 4.69) is 10.0 Å². The minimum absolute atomic E-state index is 0.0113. The molecule has 0 aliphatic rings. The molecule has 0 aromatic heterocycles. The first-order chi connectivity index (χ1) is 10.5. The van der Waals surface area contributed by atoms with E-state index in [-0.39, 0.29) is 23.5 Å². The molecule has 22 heavy (non-hydrogen) atoms. The van der Waals surface area contributed by atoms with Crippen LogP contribution in [0.2, 0.25) is 0 Å². The van der Waals surface area contributed by atoms with Gasteiger partial charge in [0.15, 0.2) is 0 Å². The number of nitrogens with one attached hydrogen (secondary N) is 2. The normalized spacial score (nSPS) is 11.1. The van der Waals surface area contributed by atoms with E-state index in [0.29, 0.717) is 0 Å². The summed E-state index contributed by atoms with van der Waals surface area (Å²) in [6.07, 6.45) is 0. The van der Waals surface area contributed by atoms with E-state index in [4.69, 9.17) is 0 Å². The van der Waals surface area contributed by atoms with Crippen LogP contribution in [0.3, 0.4) is 0 Å². The highest BCUT2D eigenvalue weighted by atomic mass is 32.2. The molecule has 0 aliphatic heterocycles. The zero-order valence-electron chi connectivity index (χ0n) is 11.6. The van der Waals surface area contributed by atoms with Gasteiger partial charge in [0.25, 0.3) is 5.91 Å². The van der Waals surface area contributed by atoms with Crippen LogP contribution in [0.25, 0.3) is 0 Å². The van der Waals surface area contributed by atoms with Gasteiger partial charge >= 0.3 is 0 Å². The van der Waals surface area contributed by atoms with Gasteiger partial charge in [0.2, 0.25) is 10.0 Å². The van der Waals surface area contributed by atoms with Crippen LogP contribution in [-0.4, -0.2) is 27.4 Å². The molecule has 2 aromatic rings. The van der Waals surface area contributed by atoms with Gasteiger partial charge < -0.3 is 5.32 Å². The fourth-order valence-electron chi connectivity index (χ4n) is 1.78. The summed E-state index contributed by atoms with van der Waals surface area (Å²) in [6.45, 7) is 0.0661. The van der Waals surface area contributed by atoms with Crippen LogP contribution < -0.4 is 10.0 Å². The van der Waals surface area contributed by atoms with E-state index < -0.39 is 21.7 Å². The molecule has 0 saturated heterocycles. The molecular weight excluding hydrogens is 307 g/mol. The van der Waals surface area contributed by atoms with Crippen LogP contribution in [0.4, 0.5) is 4.39 Å². The Labute approximate surface area is 128 Å². The number of carbonyl (C=O) groups is 1. The van der Waals surface area contributed by atoms with Crippen molar-refractivity contribution in [3.63, 3.8) is 0 Å². The van der Waals surface area contributed by atoms with E-state index >= 15 is 0 Å². The molecular formula is C15H15FN2O3S. The standard InChI is InChI=1S/C15H15FN2O3S/c16-14-9-5-4-8-13(14)15(19)17-10-11-18-22(20,21)12-6-2-1-3-7-12/h1-9,18H,10-11H2,(H,17,19). The third kappa shape index (κ3) is 4.12. The molecule has 0 spiro atoms. The summed E-state index contributed by atoms with van der Waals surface area (Å²) >= 11 is 0. The van der Waals surface area contributed by atoms with Crippen molar-refractivity contribution in [2.45, 2.75) is 4.90 Å².